The number of sulfonamides is 1. The van der Waals surface area contributed by atoms with Crippen LogP contribution in [0.3, 0.4) is 0 Å². The van der Waals surface area contributed by atoms with Gasteiger partial charge < -0.3 is 15.2 Å². The maximum absolute atomic E-state index is 12.6. The highest BCUT2D eigenvalue weighted by atomic mass is 35.5. The van der Waals surface area contributed by atoms with E-state index in [2.05, 4.69) is 4.74 Å². The van der Waals surface area contributed by atoms with E-state index in [1.54, 1.807) is 0 Å². The second kappa shape index (κ2) is 8.15. The van der Waals surface area contributed by atoms with E-state index in [1.807, 2.05) is 6.92 Å². The van der Waals surface area contributed by atoms with E-state index in [4.69, 9.17) is 10.5 Å². The van der Waals surface area contributed by atoms with Crippen LogP contribution in [0.2, 0.25) is 0 Å². The first-order valence-corrected chi connectivity index (χ1v) is 8.75. The highest BCUT2D eigenvalue weighted by Crippen LogP contribution is 2.32. The number of nitrogens with zero attached hydrogens (tertiary/aromatic N) is 1. The first-order chi connectivity index (χ1) is 10.8. The van der Waals surface area contributed by atoms with Crippen LogP contribution in [0.25, 0.3) is 0 Å². The van der Waals surface area contributed by atoms with Gasteiger partial charge in [0, 0.05) is 13.1 Å². The van der Waals surface area contributed by atoms with E-state index < -0.39 is 16.0 Å². The van der Waals surface area contributed by atoms with Crippen molar-refractivity contribution in [3.8, 4) is 5.75 Å². The van der Waals surface area contributed by atoms with Crippen molar-refractivity contribution in [2.24, 2.45) is 11.1 Å². The molecule has 1 aromatic rings. The summed E-state index contributed by atoms with van der Waals surface area (Å²) < 4.78 is 36.4. The van der Waals surface area contributed by atoms with E-state index in [-0.39, 0.29) is 29.3 Å². The Balaban J connectivity index is 0.00000288. The molecular formula is C15H23ClN2O5S. The largest absolute Gasteiger partial charge is 0.482 e. The number of methoxy groups -OCH3 is 1. The fourth-order valence-corrected chi connectivity index (χ4v) is 4.00. The van der Waals surface area contributed by atoms with Crippen molar-refractivity contribution in [2.75, 3.05) is 33.4 Å². The van der Waals surface area contributed by atoms with E-state index in [0.717, 1.165) is 6.42 Å². The van der Waals surface area contributed by atoms with Gasteiger partial charge in [0.15, 0.2) is 6.61 Å². The minimum Gasteiger partial charge on any atom is -0.482 e. The van der Waals surface area contributed by atoms with Gasteiger partial charge in [0.1, 0.15) is 5.75 Å². The molecule has 9 heteroatoms. The molecule has 1 saturated heterocycles. The Labute approximate surface area is 148 Å². The number of halogens is 1. The maximum atomic E-state index is 12.6. The van der Waals surface area contributed by atoms with Gasteiger partial charge >= 0.3 is 5.97 Å². The van der Waals surface area contributed by atoms with Gasteiger partial charge in [-0.25, -0.2) is 13.2 Å². The third-order valence-corrected chi connectivity index (χ3v) is 5.92. The lowest BCUT2D eigenvalue weighted by Crippen LogP contribution is -2.34. The van der Waals surface area contributed by atoms with Gasteiger partial charge in [0.2, 0.25) is 10.0 Å². The van der Waals surface area contributed by atoms with Crippen LogP contribution in [0.5, 0.6) is 5.75 Å². The molecule has 0 radical (unpaired) electrons. The van der Waals surface area contributed by atoms with Gasteiger partial charge in [-0.05, 0) is 42.6 Å². The molecule has 1 atom stereocenters. The maximum Gasteiger partial charge on any atom is 0.343 e. The van der Waals surface area contributed by atoms with Crippen molar-refractivity contribution < 1.29 is 22.7 Å². The monoisotopic (exact) mass is 378 g/mol. The van der Waals surface area contributed by atoms with Gasteiger partial charge in [-0.3, -0.25) is 0 Å². The van der Waals surface area contributed by atoms with E-state index in [1.165, 1.54) is 35.7 Å². The third-order valence-electron chi connectivity index (χ3n) is 4.06. The summed E-state index contributed by atoms with van der Waals surface area (Å²) in [5, 5.41) is 0. The first kappa shape index (κ1) is 20.7. The van der Waals surface area contributed by atoms with Crippen molar-refractivity contribution in [2.45, 2.75) is 18.2 Å². The molecule has 0 bridgehead atoms. The van der Waals surface area contributed by atoms with Crippen LogP contribution in [-0.2, 0) is 19.6 Å². The molecular weight excluding hydrogens is 356 g/mol. The van der Waals surface area contributed by atoms with Gasteiger partial charge in [0.25, 0.3) is 0 Å². The van der Waals surface area contributed by atoms with Crippen LogP contribution in [0, 0.1) is 5.41 Å². The Kier molecular flexibility index (Phi) is 7.03. The molecule has 24 heavy (non-hydrogen) atoms. The number of benzene rings is 1. The lowest BCUT2D eigenvalue weighted by Gasteiger charge is -2.22. The number of esters is 1. The normalized spacial score (nSPS) is 21.1. The molecule has 1 heterocycles. The van der Waals surface area contributed by atoms with Gasteiger partial charge in [-0.15, -0.1) is 12.4 Å². The topological polar surface area (TPSA) is 98.9 Å². The summed E-state index contributed by atoms with van der Waals surface area (Å²) in [5.41, 5.74) is 5.56. The molecule has 1 unspecified atom stereocenters. The molecule has 2 rings (SSSR count). The lowest BCUT2D eigenvalue weighted by atomic mass is 9.90. The van der Waals surface area contributed by atoms with Gasteiger partial charge in [0.05, 0.1) is 12.0 Å². The zero-order chi connectivity index (χ0) is 17.1. The zero-order valence-electron chi connectivity index (χ0n) is 13.7. The summed E-state index contributed by atoms with van der Waals surface area (Å²) in [7, 11) is -2.27. The molecule has 1 aliphatic rings. The molecule has 0 aromatic heterocycles. The van der Waals surface area contributed by atoms with Crippen molar-refractivity contribution >= 4 is 28.4 Å². The Hall–Kier alpha value is -1.35. The first-order valence-electron chi connectivity index (χ1n) is 7.31. The molecule has 0 aliphatic carbocycles. The van der Waals surface area contributed by atoms with E-state index >= 15 is 0 Å². The Morgan fingerprint density at radius 1 is 1.33 bits per heavy atom. The summed E-state index contributed by atoms with van der Waals surface area (Å²) in [6.45, 7) is 3.12. The number of ether oxygens (including phenoxy) is 2. The van der Waals surface area contributed by atoms with Crippen LogP contribution in [-0.4, -0.2) is 52.0 Å². The minimum absolute atomic E-state index is 0. The zero-order valence-corrected chi connectivity index (χ0v) is 15.4. The number of hydrogen-bond donors (Lipinski definition) is 1. The second-order valence-electron chi connectivity index (χ2n) is 5.94. The van der Waals surface area contributed by atoms with Crippen LogP contribution >= 0.6 is 12.4 Å². The predicted molar refractivity (Wildman–Crippen MR) is 91.7 cm³/mol. The molecule has 136 valence electrons. The molecule has 0 saturated carbocycles. The summed E-state index contributed by atoms with van der Waals surface area (Å²) in [4.78, 5) is 11.2. The van der Waals surface area contributed by atoms with E-state index in [0.29, 0.717) is 25.4 Å². The fourth-order valence-electron chi connectivity index (χ4n) is 2.41. The van der Waals surface area contributed by atoms with Crippen molar-refractivity contribution in [1.82, 2.24) is 4.31 Å². The number of hydrogen-bond acceptors (Lipinski definition) is 6. The molecule has 0 amide bonds. The minimum atomic E-state index is -3.54. The van der Waals surface area contributed by atoms with E-state index in [9.17, 15) is 13.2 Å². The highest BCUT2D eigenvalue weighted by molar-refractivity contribution is 7.89. The SMILES string of the molecule is COC(=O)COc1ccc(S(=O)(=O)N2CCC(C)(CN)C2)cc1.Cl. The van der Waals surface area contributed by atoms with Crippen LogP contribution in [0.15, 0.2) is 29.2 Å². The summed E-state index contributed by atoms with van der Waals surface area (Å²) in [6.07, 6.45) is 0.753. The standard InChI is InChI=1S/C15H22N2O5S.ClH/c1-15(10-16)7-8-17(11-15)23(19,20)13-5-3-12(4-6-13)22-9-14(18)21-2;/h3-6H,7-11,16H2,1-2H3;1H. The molecule has 1 aromatic carbocycles. The number of rotatable bonds is 6. The number of carbonyl (C=O) groups is 1. The Morgan fingerprint density at radius 2 is 1.96 bits per heavy atom. The van der Waals surface area contributed by atoms with Crippen LogP contribution in [0.1, 0.15) is 13.3 Å². The average Bonchev–Trinajstić information content (AvgIpc) is 2.97. The quantitative estimate of drug-likeness (QED) is 0.742. The fraction of sp³-hybridized carbons (Fsp3) is 0.533. The Morgan fingerprint density at radius 3 is 2.46 bits per heavy atom. The van der Waals surface area contributed by atoms with Crippen LogP contribution in [0.4, 0.5) is 0 Å². The smallest absolute Gasteiger partial charge is 0.343 e. The molecule has 0 spiro atoms. The summed E-state index contributed by atoms with van der Waals surface area (Å²) >= 11 is 0. The predicted octanol–water partition coefficient (Wildman–Crippen LogP) is 1.02. The summed E-state index contributed by atoms with van der Waals surface area (Å²) in [5.74, 6) is -0.0950. The lowest BCUT2D eigenvalue weighted by molar-refractivity contribution is -0.142. The highest BCUT2D eigenvalue weighted by Gasteiger charge is 2.38. The summed E-state index contributed by atoms with van der Waals surface area (Å²) in [6, 6.07) is 5.99. The van der Waals surface area contributed by atoms with Crippen molar-refractivity contribution in [3.63, 3.8) is 0 Å². The van der Waals surface area contributed by atoms with Gasteiger partial charge in [-0.2, -0.15) is 4.31 Å². The molecule has 1 aliphatic heterocycles. The molecule has 7 nitrogen and oxygen atoms in total. The van der Waals surface area contributed by atoms with Crippen molar-refractivity contribution in [1.29, 1.82) is 0 Å². The van der Waals surface area contributed by atoms with Crippen molar-refractivity contribution in [3.05, 3.63) is 24.3 Å². The number of nitrogens with two attached hydrogens (primary N) is 1. The average molecular weight is 379 g/mol. The molecule has 1 fully saturated rings. The third kappa shape index (κ3) is 4.60. The number of carbonyl (C=O) groups excluding carboxylic acids is 1. The van der Waals surface area contributed by atoms with Gasteiger partial charge in [-0.1, -0.05) is 6.92 Å². The Bertz CT molecular complexity index is 665. The molecule has 2 N–H and O–H groups in total. The second-order valence-corrected chi connectivity index (χ2v) is 7.88. The van der Waals surface area contributed by atoms with Crippen LogP contribution < -0.4 is 10.5 Å².